The molecule has 0 radical (unpaired) electrons. The van der Waals surface area contributed by atoms with Crippen molar-refractivity contribution in [3.05, 3.63) is 63.0 Å². The molecule has 7 nitrogen and oxygen atoms in total. The average Bonchev–Trinajstić information content (AvgIpc) is 3.08. The molecule has 1 atom stereocenters. The van der Waals surface area contributed by atoms with Crippen molar-refractivity contribution >= 4 is 28.2 Å². The third kappa shape index (κ3) is 4.88. The first-order valence-corrected chi connectivity index (χ1v) is 8.02. The Kier molecular flexibility index (Phi) is 6.02. The van der Waals surface area contributed by atoms with Gasteiger partial charge in [0.2, 0.25) is 0 Å². The molecule has 0 aliphatic rings. The summed E-state index contributed by atoms with van der Waals surface area (Å²) in [6, 6.07) is 12.2. The van der Waals surface area contributed by atoms with Crippen LogP contribution in [0.25, 0.3) is 0 Å². The molecular formula is C16H16N2O5S. The zero-order valence-corrected chi connectivity index (χ0v) is 13.7. The second-order valence-electron chi connectivity index (χ2n) is 5.09. The standard InChI is InChI=1S/C16H16N2O5S/c1-11(12-5-3-2-4-6-12)9-17-14(19)10-23-16(20)13-7-8-15(24-13)18(21)22/h2-8,11H,9-10H2,1H3,(H,17,19)/t11-/m0/s1. The van der Waals surface area contributed by atoms with Gasteiger partial charge in [-0.05, 0) is 17.5 Å². The van der Waals surface area contributed by atoms with Gasteiger partial charge >= 0.3 is 11.0 Å². The predicted octanol–water partition coefficient (Wildman–Crippen LogP) is 2.73. The van der Waals surface area contributed by atoms with Crippen molar-refractivity contribution in [2.24, 2.45) is 0 Å². The summed E-state index contributed by atoms with van der Waals surface area (Å²) in [6.07, 6.45) is 0. The number of hydrogen-bond donors (Lipinski definition) is 1. The number of esters is 1. The Balaban J connectivity index is 1.76. The molecular weight excluding hydrogens is 332 g/mol. The Labute approximate surface area is 142 Å². The van der Waals surface area contributed by atoms with Gasteiger partial charge in [0.25, 0.3) is 5.91 Å². The number of nitrogens with one attached hydrogen (secondary N) is 1. The highest BCUT2D eigenvalue weighted by atomic mass is 32.1. The third-order valence-electron chi connectivity index (χ3n) is 3.28. The van der Waals surface area contributed by atoms with Crippen molar-refractivity contribution in [3.8, 4) is 0 Å². The molecule has 1 heterocycles. The van der Waals surface area contributed by atoms with E-state index in [2.05, 4.69) is 5.32 Å². The minimum atomic E-state index is -0.751. The zero-order chi connectivity index (χ0) is 17.5. The maximum atomic E-state index is 11.7. The molecule has 0 bridgehead atoms. The first-order chi connectivity index (χ1) is 11.5. The van der Waals surface area contributed by atoms with Crippen molar-refractivity contribution in [1.82, 2.24) is 5.32 Å². The van der Waals surface area contributed by atoms with Gasteiger partial charge in [0, 0.05) is 12.6 Å². The Morgan fingerprint density at radius 3 is 2.58 bits per heavy atom. The molecule has 2 aromatic rings. The number of amides is 1. The molecule has 1 N–H and O–H groups in total. The van der Waals surface area contributed by atoms with Gasteiger partial charge < -0.3 is 10.1 Å². The van der Waals surface area contributed by atoms with Crippen LogP contribution in [-0.4, -0.2) is 30.0 Å². The van der Waals surface area contributed by atoms with Crippen LogP contribution in [0.5, 0.6) is 0 Å². The van der Waals surface area contributed by atoms with E-state index in [-0.39, 0.29) is 15.8 Å². The van der Waals surface area contributed by atoms with E-state index in [1.54, 1.807) is 0 Å². The molecule has 1 aromatic heterocycles. The molecule has 0 unspecified atom stereocenters. The lowest BCUT2D eigenvalue weighted by Gasteiger charge is -2.13. The summed E-state index contributed by atoms with van der Waals surface area (Å²) in [5.74, 6) is -1.04. The van der Waals surface area contributed by atoms with E-state index in [1.807, 2.05) is 37.3 Å². The highest BCUT2D eigenvalue weighted by molar-refractivity contribution is 7.17. The van der Waals surface area contributed by atoms with Crippen LogP contribution in [0.1, 0.15) is 28.1 Å². The summed E-state index contributed by atoms with van der Waals surface area (Å²) in [7, 11) is 0. The number of carbonyl (C=O) groups excluding carboxylic acids is 2. The first kappa shape index (κ1) is 17.6. The lowest BCUT2D eigenvalue weighted by Crippen LogP contribution is -2.31. The molecule has 2 rings (SSSR count). The van der Waals surface area contributed by atoms with Crippen LogP contribution < -0.4 is 5.32 Å². The van der Waals surface area contributed by atoms with Crippen molar-refractivity contribution in [1.29, 1.82) is 0 Å². The van der Waals surface area contributed by atoms with Crippen LogP contribution in [0.15, 0.2) is 42.5 Å². The monoisotopic (exact) mass is 348 g/mol. The Morgan fingerprint density at radius 1 is 1.25 bits per heavy atom. The molecule has 0 aliphatic carbocycles. The number of benzene rings is 1. The fraction of sp³-hybridized carbons (Fsp3) is 0.250. The van der Waals surface area contributed by atoms with Gasteiger partial charge in [-0.1, -0.05) is 48.6 Å². The fourth-order valence-corrected chi connectivity index (χ4v) is 2.67. The van der Waals surface area contributed by atoms with E-state index < -0.39 is 23.4 Å². The maximum absolute atomic E-state index is 11.7. The van der Waals surface area contributed by atoms with E-state index >= 15 is 0 Å². The number of carbonyl (C=O) groups is 2. The van der Waals surface area contributed by atoms with Gasteiger partial charge in [-0.25, -0.2) is 4.79 Å². The maximum Gasteiger partial charge on any atom is 0.349 e. The van der Waals surface area contributed by atoms with Gasteiger partial charge in [-0.3, -0.25) is 14.9 Å². The molecule has 0 saturated heterocycles. The Bertz CT molecular complexity index is 729. The third-order valence-corrected chi connectivity index (χ3v) is 4.30. The highest BCUT2D eigenvalue weighted by Gasteiger charge is 2.17. The Hall–Kier alpha value is -2.74. The van der Waals surface area contributed by atoms with Crippen LogP contribution in [0.3, 0.4) is 0 Å². The summed E-state index contributed by atoms with van der Waals surface area (Å²) in [6.45, 7) is 1.98. The highest BCUT2D eigenvalue weighted by Crippen LogP contribution is 2.24. The van der Waals surface area contributed by atoms with Crippen LogP contribution in [0, 0.1) is 10.1 Å². The van der Waals surface area contributed by atoms with Crippen LogP contribution in [0.2, 0.25) is 0 Å². The van der Waals surface area contributed by atoms with E-state index in [4.69, 9.17) is 4.74 Å². The molecule has 1 aromatic carbocycles. The average molecular weight is 348 g/mol. The van der Waals surface area contributed by atoms with Gasteiger partial charge in [0.1, 0.15) is 4.88 Å². The minimum Gasteiger partial charge on any atom is -0.451 e. The van der Waals surface area contributed by atoms with Crippen LogP contribution >= 0.6 is 11.3 Å². The lowest BCUT2D eigenvalue weighted by molar-refractivity contribution is -0.380. The van der Waals surface area contributed by atoms with Crippen molar-refractivity contribution in [2.45, 2.75) is 12.8 Å². The largest absolute Gasteiger partial charge is 0.451 e. The summed E-state index contributed by atoms with van der Waals surface area (Å²) in [4.78, 5) is 33.5. The van der Waals surface area contributed by atoms with Gasteiger partial charge in [0.15, 0.2) is 6.61 Å². The van der Waals surface area contributed by atoms with Crippen molar-refractivity contribution in [2.75, 3.05) is 13.2 Å². The number of ether oxygens (including phenoxy) is 1. The molecule has 0 spiro atoms. The molecule has 8 heteroatoms. The summed E-state index contributed by atoms with van der Waals surface area (Å²) < 4.78 is 4.86. The summed E-state index contributed by atoms with van der Waals surface area (Å²) in [5, 5.41) is 13.1. The number of rotatable bonds is 7. The molecule has 24 heavy (non-hydrogen) atoms. The number of nitro groups is 1. The predicted molar refractivity (Wildman–Crippen MR) is 89.1 cm³/mol. The van der Waals surface area contributed by atoms with Crippen LogP contribution in [0.4, 0.5) is 5.00 Å². The zero-order valence-electron chi connectivity index (χ0n) is 12.9. The molecule has 1 amide bonds. The van der Waals surface area contributed by atoms with E-state index in [1.165, 1.54) is 12.1 Å². The topological polar surface area (TPSA) is 98.5 Å². The summed E-state index contributed by atoms with van der Waals surface area (Å²) >= 11 is 0.711. The molecule has 126 valence electrons. The van der Waals surface area contributed by atoms with E-state index in [9.17, 15) is 19.7 Å². The second-order valence-corrected chi connectivity index (χ2v) is 6.15. The molecule has 0 fully saturated rings. The van der Waals surface area contributed by atoms with Gasteiger partial charge in [-0.15, -0.1) is 0 Å². The summed E-state index contributed by atoms with van der Waals surface area (Å²) in [5.41, 5.74) is 1.10. The Morgan fingerprint density at radius 2 is 1.96 bits per heavy atom. The number of nitrogens with zero attached hydrogens (tertiary/aromatic N) is 1. The smallest absolute Gasteiger partial charge is 0.349 e. The van der Waals surface area contributed by atoms with Crippen LogP contribution in [-0.2, 0) is 9.53 Å². The minimum absolute atomic E-state index is 0.0900. The first-order valence-electron chi connectivity index (χ1n) is 7.20. The van der Waals surface area contributed by atoms with Gasteiger partial charge in [0.05, 0.1) is 4.92 Å². The van der Waals surface area contributed by atoms with Crippen molar-refractivity contribution < 1.29 is 19.2 Å². The van der Waals surface area contributed by atoms with Gasteiger partial charge in [-0.2, -0.15) is 0 Å². The molecule has 0 saturated carbocycles. The van der Waals surface area contributed by atoms with E-state index in [0.717, 1.165) is 5.56 Å². The normalized spacial score (nSPS) is 11.5. The number of thiophene rings is 1. The second kappa shape index (κ2) is 8.21. The molecule has 0 aliphatic heterocycles. The fourth-order valence-electron chi connectivity index (χ4n) is 1.96. The SMILES string of the molecule is C[C@@H](CNC(=O)COC(=O)c1ccc([N+](=O)[O-])s1)c1ccccc1. The number of hydrogen-bond acceptors (Lipinski definition) is 6. The lowest BCUT2D eigenvalue weighted by atomic mass is 10.0. The van der Waals surface area contributed by atoms with Crippen molar-refractivity contribution in [3.63, 3.8) is 0 Å². The quantitative estimate of drug-likeness (QED) is 0.471. The van der Waals surface area contributed by atoms with E-state index in [0.29, 0.717) is 17.9 Å².